The van der Waals surface area contributed by atoms with Crippen LogP contribution in [0.5, 0.6) is 0 Å². The number of hydrogen-bond acceptors (Lipinski definition) is 4. The van der Waals surface area contributed by atoms with Crippen molar-refractivity contribution in [2.75, 3.05) is 0 Å². The Hall–Kier alpha value is -1.76. The van der Waals surface area contributed by atoms with Crippen LogP contribution in [0, 0.1) is 10.1 Å². The van der Waals surface area contributed by atoms with E-state index < -0.39 is 26.9 Å². The Balaban J connectivity index is 3.20. The third-order valence-corrected chi connectivity index (χ3v) is 4.01. The van der Waals surface area contributed by atoms with Crippen molar-refractivity contribution < 1.29 is 19.0 Å². The summed E-state index contributed by atoms with van der Waals surface area (Å²) < 4.78 is 12.0. The first kappa shape index (κ1) is 13.3. The molecule has 0 aromatic heterocycles. The van der Waals surface area contributed by atoms with E-state index in [0.717, 1.165) is 0 Å². The molecule has 0 amide bonds. The lowest BCUT2D eigenvalue weighted by Crippen LogP contribution is -2.25. The average molecular weight is 257 g/mol. The van der Waals surface area contributed by atoms with Crippen molar-refractivity contribution in [3.63, 3.8) is 0 Å². The summed E-state index contributed by atoms with van der Waals surface area (Å²) >= 11 is 0. The molecule has 6 nitrogen and oxygen atoms in total. The first-order valence-corrected chi connectivity index (χ1v) is 6.07. The van der Waals surface area contributed by atoms with Gasteiger partial charge in [0, 0.05) is 6.07 Å². The molecule has 0 fully saturated rings. The lowest BCUT2D eigenvalue weighted by atomic mass is 10.3. The molecule has 0 bridgehead atoms. The fourth-order valence-corrected chi connectivity index (χ4v) is 2.70. The molecule has 2 unspecified atom stereocenters. The van der Waals surface area contributed by atoms with Crippen molar-refractivity contribution in [1.82, 2.24) is 0 Å². The number of hydrogen-bond donors (Lipinski definition) is 1. The van der Waals surface area contributed by atoms with Gasteiger partial charge in [-0.05, 0) is 12.5 Å². The van der Waals surface area contributed by atoms with Crippen molar-refractivity contribution >= 4 is 22.5 Å². The fourth-order valence-electron chi connectivity index (χ4n) is 1.35. The maximum absolute atomic E-state index is 12.0. The molecule has 2 atom stereocenters. The van der Waals surface area contributed by atoms with Crippen molar-refractivity contribution in [3.8, 4) is 0 Å². The van der Waals surface area contributed by atoms with Crippen LogP contribution >= 0.6 is 0 Å². The van der Waals surface area contributed by atoms with Crippen LogP contribution in [-0.2, 0) is 15.6 Å². The lowest BCUT2D eigenvalue weighted by molar-refractivity contribution is -0.387. The highest BCUT2D eigenvalue weighted by molar-refractivity contribution is 7.86. The predicted molar refractivity (Wildman–Crippen MR) is 61.2 cm³/mol. The second-order valence-corrected chi connectivity index (χ2v) is 4.86. The molecule has 1 N–H and O–H groups in total. The smallest absolute Gasteiger partial charge is 0.319 e. The summed E-state index contributed by atoms with van der Waals surface area (Å²) in [6.45, 7) is 1.57. The van der Waals surface area contributed by atoms with E-state index in [1.807, 2.05) is 0 Å². The van der Waals surface area contributed by atoms with Crippen molar-refractivity contribution in [3.05, 3.63) is 34.4 Å². The molecular weight excluding hydrogens is 246 g/mol. The quantitative estimate of drug-likeness (QED) is 0.637. The van der Waals surface area contributed by atoms with Gasteiger partial charge in [-0.2, -0.15) is 0 Å². The number of nitro benzene ring substituents is 1. The zero-order chi connectivity index (χ0) is 13.0. The van der Waals surface area contributed by atoms with Gasteiger partial charge in [-0.3, -0.25) is 19.1 Å². The number of carbonyl (C=O) groups is 1. The zero-order valence-corrected chi connectivity index (χ0v) is 9.85. The monoisotopic (exact) mass is 257 g/mol. The Bertz CT molecular complexity index is 474. The SMILES string of the molecule is CCC(C(=O)O)S(=O)c1ccccc1[N+](=O)[O-]. The normalized spacial score (nSPS) is 13.9. The van der Waals surface area contributed by atoms with Crippen LogP contribution in [0.15, 0.2) is 29.2 Å². The van der Waals surface area contributed by atoms with Gasteiger partial charge in [-0.1, -0.05) is 19.1 Å². The van der Waals surface area contributed by atoms with Gasteiger partial charge in [0.1, 0.15) is 10.1 Å². The van der Waals surface area contributed by atoms with E-state index in [1.165, 1.54) is 24.3 Å². The molecule has 0 saturated heterocycles. The van der Waals surface area contributed by atoms with Crippen LogP contribution in [0.2, 0.25) is 0 Å². The Labute approximate surface area is 99.9 Å². The molecule has 0 saturated carbocycles. The maximum Gasteiger partial charge on any atom is 0.319 e. The van der Waals surface area contributed by atoms with Gasteiger partial charge in [0.2, 0.25) is 0 Å². The number of rotatable bonds is 5. The van der Waals surface area contributed by atoms with Gasteiger partial charge in [-0.15, -0.1) is 0 Å². The maximum atomic E-state index is 12.0. The van der Waals surface area contributed by atoms with Crippen LogP contribution < -0.4 is 0 Å². The van der Waals surface area contributed by atoms with E-state index in [0.29, 0.717) is 0 Å². The first-order chi connectivity index (χ1) is 7.99. The van der Waals surface area contributed by atoms with Crippen molar-refractivity contribution in [2.24, 2.45) is 0 Å². The molecule has 7 heteroatoms. The number of benzene rings is 1. The van der Waals surface area contributed by atoms with Gasteiger partial charge in [-0.25, -0.2) is 0 Å². The molecule has 0 aliphatic rings. The first-order valence-electron chi connectivity index (χ1n) is 4.85. The lowest BCUT2D eigenvalue weighted by Gasteiger charge is -2.09. The van der Waals surface area contributed by atoms with Crippen molar-refractivity contribution in [1.29, 1.82) is 0 Å². The Kier molecular flexibility index (Phi) is 4.33. The van der Waals surface area contributed by atoms with E-state index in [9.17, 15) is 19.1 Å². The summed E-state index contributed by atoms with van der Waals surface area (Å²) in [5, 5.41) is 18.5. The molecule has 92 valence electrons. The Morgan fingerprint density at radius 3 is 2.59 bits per heavy atom. The number of para-hydroxylation sites is 1. The fraction of sp³-hybridized carbons (Fsp3) is 0.300. The molecule has 1 aromatic carbocycles. The molecule has 0 radical (unpaired) electrons. The van der Waals surface area contributed by atoms with Gasteiger partial charge in [0.15, 0.2) is 0 Å². The molecule has 0 aliphatic carbocycles. The van der Waals surface area contributed by atoms with E-state index in [1.54, 1.807) is 6.92 Å². The summed E-state index contributed by atoms with van der Waals surface area (Å²) in [4.78, 5) is 20.9. The van der Waals surface area contributed by atoms with Crippen LogP contribution in [-0.4, -0.2) is 25.5 Å². The molecule has 1 aromatic rings. The second kappa shape index (κ2) is 5.53. The molecule has 0 aliphatic heterocycles. The predicted octanol–water partition coefficient (Wildman–Crippen LogP) is 1.57. The zero-order valence-electron chi connectivity index (χ0n) is 9.03. The topological polar surface area (TPSA) is 97.5 Å². The number of carboxylic acid groups (broad SMARTS) is 1. The minimum absolute atomic E-state index is 0.0493. The largest absolute Gasteiger partial charge is 0.480 e. The third kappa shape index (κ3) is 2.88. The van der Waals surface area contributed by atoms with Crippen LogP contribution in [0.3, 0.4) is 0 Å². The van der Waals surface area contributed by atoms with Gasteiger partial charge in [0.05, 0.1) is 15.7 Å². The minimum Gasteiger partial charge on any atom is -0.480 e. The van der Waals surface area contributed by atoms with Crippen LogP contribution in [0.25, 0.3) is 0 Å². The third-order valence-electron chi connectivity index (χ3n) is 2.18. The van der Waals surface area contributed by atoms with Crippen LogP contribution in [0.4, 0.5) is 5.69 Å². The Morgan fingerprint density at radius 1 is 1.53 bits per heavy atom. The highest BCUT2D eigenvalue weighted by atomic mass is 32.2. The molecular formula is C10H11NO5S. The summed E-state index contributed by atoms with van der Waals surface area (Å²) in [5.41, 5.74) is -0.314. The van der Waals surface area contributed by atoms with E-state index in [4.69, 9.17) is 5.11 Å². The number of nitro groups is 1. The summed E-state index contributed by atoms with van der Waals surface area (Å²) in [6.07, 6.45) is 0.147. The van der Waals surface area contributed by atoms with Gasteiger partial charge >= 0.3 is 5.97 Å². The molecule has 1 rings (SSSR count). The molecule has 0 spiro atoms. The summed E-state index contributed by atoms with van der Waals surface area (Å²) in [5.74, 6) is -1.22. The minimum atomic E-state index is -1.92. The van der Waals surface area contributed by atoms with Gasteiger partial charge < -0.3 is 5.11 Å². The van der Waals surface area contributed by atoms with E-state index >= 15 is 0 Å². The van der Waals surface area contributed by atoms with E-state index in [-0.39, 0.29) is 17.0 Å². The van der Waals surface area contributed by atoms with Gasteiger partial charge in [0.25, 0.3) is 5.69 Å². The van der Waals surface area contributed by atoms with Crippen molar-refractivity contribution in [2.45, 2.75) is 23.5 Å². The average Bonchev–Trinajstić information content (AvgIpc) is 2.29. The summed E-state index contributed by atoms with van der Waals surface area (Å²) in [6, 6.07) is 5.47. The second-order valence-electron chi connectivity index (χ2n) is 3.26. The highest BCUT2D eigenvalue weighted by Crippen LogP contribution is 2.24. The number of carboxylic acids is 1. The Morgan fingerprint density at radius 2 is 2.12 bits per heavy atom. The van der Waals surface area contributed by atoms with Crippen LogP contribution in [0.1, 0.15) is 13.3 Å². The number of aliphatic carboxylic acids is 1. The van der Waals surface area contributed by atoms with E-state index in [2.05, 4.69) is 0 Å². The molecule has 17 heavy (non-hydrogen) atoms. The highest BCUT2D eigenvalue weighted by Gasteiger charge is 2.28. The standard InChI is InChI=1S/C10H11NO5S/c1-2-8(10(12)13)17(16)9-6-4-3-5-7(9)11(14)15/h3-6,8H,2H2,1H3,(H,12,13). The summed E-state index contributed by atoms with van der Waals surface area (Å²) in [7, 11) is -1.92. The number of nitrogens with zero attached hydrogens (tertiary/aromatic N) is 1. The molecule has 0 heterocycles.